The molecule has 2 aromatic heterocycles. The van der Waals surface area contributed by atoms with Gasteiger partial charge in [0.25, 0.3) is 5.56 Å². The molecule has 3 rings (SSSR count). The molecule has 0 spiro atoms. The molecular weight excluding hydrogens is 202 g/mol. The molecule has 0 N–H and O–H groups in total. The van der Waals surface area contributed by atoms with Crippen LogP contribution >= 0.6 is 0 Å². The molecule has 0 aliphatic heterocycles. The van der Waals surface area contributed by atoms with E-state index in [-0.39, 0.29) is 5.56 Å². The normalized spacial score (nSPS) is 11.1. The lowest BCUT2D eigenvalue weighted by Crippen LogP contribution is -2.19. The van der Waals surface area contributed by atoms with Gasteiger partial charge in [-0.1, -0.05) is 24.3 Å². The van der Waals surface area contributed by atoms with Gasteiger partial charge >= 0.3 is 0 Å². The van der Waals surface area contributed by atoms with Crippen LogP contribution in [-0.2, 0) is 7.05 Å². The van der Waals surface area contributed by atoms with Gasteiger partial charge in [-0.3, -0.25) is 9.78 Å². The van der Waals surface area contributed by atoms with Gasteiger partial charge in [-0.25, -0.2) is 4.68 Å². The lowest BCUT2D eigenvalue weighted by atomic mass is 10.1. The molecule has 2 heterocycles. The maximum Gasteiger partial charge on any atom is 0.276 e. The Kier molecular flexibility index (Phi) is 1.77. The maximum absolute atomic E-state index is 12.0. The SMILES string of the molecule is Cn1ncc2ncc3ccccc3c2c1=O. The minimum Gasteiger partial charge on any atom is -0.267 e. The molecule has 4 heteroatoms. The molecule has 0 unspecified atom stereocenters. The molecule has 16 heavy (non-hydrogen) atoms. The lowest BCUT2D eigenvalue weighted by molar-refractivity contribution is 0.717. The fourth-order valence-corrected chi connectivity index (χ4v) is 1.86. The van der Waals surface area contributed by atoms with Crippen LogP contribution in [0.1, 0.15) is 0 Å². The van der Waals surface area contributed by atoms with Crippen molar-refractivity contribution in [1.82, 2.24) is 14.8 Å². The van der Waals surface area contributed by atoms with Crippen molar-refractivity contribution < 1.29 is 0 Å². The standard InChI is InChI=1S/C12H9N3O/c1-15-12(16)11-9-5-3-2-4-8(9)6-13-10(11)7-14-15/h2-7H,1H3. The largest absolute Gasteiger partial charge is 0.276 e. The highest BCUT2D eigenvalue weighted by molar-refractivity contribution is 6.04. The second-order valence-corrected chi connectivity index (χ2v) is 3.68. The van der Waals surface area contributed by atoms with Crippen LogP contribution in [-0.4, -0.2) is 14.8 Å². The van der Waals surface area contributed by atoms with Crippen LogP contribution in [0, 0.1) is 0 Å². The summed E-state index contributed by atoms with van der Waals surface area (Å²) in [5.74, 6) is 0. The first-order valence-electron chi connectivity index (χ1n) is 4.97. The lowest BCUT2D eigenvalue weighted by Gasteiger charge is -2.03. The first-order chi connectivity index (χ1) is 7.77. The van der Waals surface area contributed by atoms with Crippen molar-refractivity contribution >= 4 is 21.7 Å². The van der Waals surface area contributed by atoms with Gasteiger partial charge in [0.2, 0.25) is 0 Å². The van der Waals surface area contributed by atoms with Crippen molar-refractivity contribution in [2.75, 3.05) is 0 Å². The second-order valence-electron chi connectivity index (χ2n) is 3.68. The molecule has 0 fully saturated rings. The molecule has 0 amide bonds. The quantitative estimate of drug-likeness (QED) is 0.529. The molecule has 0 bridgehead atoms. The van der Waals surface area contributed by atoms with E-state index in [2.05, 4.69) is 10.1 Å². The minimum atomic E-state index is -0.109. The number of hydrogen-bond acceptors (Lipinski definition) is 3. The highest BCUT2D eigenvalue weighted by Crippen LogP contribution is 2.19. The molecule has 0 atom stereocenters. The Bertz CT molecular complexity index is 746. The summed E-state index contributed by atoms with van der Waals surface area (Å²) in [6.45, 7) is 0. The summed E-state index contributed by atoms with van der Waals surface area (Å²) in [4.78, 5) is 16.2. The van der Waals surface area contributed by atoms with E-state index in [0.717, 1.165) is 10.8 Å². The number of benzene rings is 1. The van der Waals surface area contributed by atoms with E-state index in [9.17, 15) is 4.79 Å². The molecule has 3 aromatic rings. The minimum absolute atomic E-state index is 0.109. The van der Waals surface area contributed by atoms with E-state index in [1.165, 1.54) is 4.68 Å². The summed E-state index contributed by atoms with van der Waals surface area (Å²) in [7, 11) is 1.64. The van der Waals surface area contributed by atoms with E-state index >= 15 is 0 Å². The molecule has 0 aliphatic rings. The Morgan fingerprint density at radius 1 is 1.19 bits per heavy atom. The van der Waals surface area contributed by atoms with Crippen molar-refractivity contribution in [2.24, 2.45) is 7.05 Å². The maximum atomic E-state index is 12.0. The summed E-state index contributed by atoms with van der Waals surface area (Å²) in [6, 6.07) is 7.73. The Morgan fingerprint density at radius 2 is 2.00 bits per heavy atom. The number of pyridine rings is 1. The Morgan fingerprint density at radius 3 is 2.88 bits per heavy atom. The van der Waals surface area contributed by atoms with E-state index in [4.69, 9.17) is 0 Å². The smallest absolute Gasteiger partial charge is 0.267 e. The fourth-order valence-electron chi connectivity index (χ4n) is 1.86. The summed E-state index contributed by atoms with van der Waals surface area (Å²) in [5, 5.41) is 6.49. The van der Waals surface area contributed by atoms with Crippen LogP contribution in [0.4, 0.5) is 0 Å². The number of fused-ring (bicyclic) bond motifs is 3. The highest BCUT2D eigenvalue weighted by atomic mass is 16.1. The van der Waals surface area contributed by atoms with Crippen molar-refractivity contribution in [1.29, 1.82) is 0 Å². The fraction of sp³-hybridized carbons (Fsp3) is 0.0833. The third kappa shape index (κ3) is 1.13. The molecular formula is C12H9N3O. The molecule has 78 valence electrons. The van der Waals surface area contributed by atoms with Crippen molar-refractivity contribution in [3.8, 4) is 0 Å². The molecule has 0 aliphatic carbocycles. The van der Waals surface area contributed by atoms with Gasteiger partial charge in [-0.2, -0.15) is 5.10 Å². The number of nitrogens with zero attached hydrogens (tertiary/aromatic N) is 3. The zero-order valence-electron chi connectivity index (χ0n) is 8.71. The number of rotatable bonds is 0. The molecule has 4 nitrogen and oxygen atoms in total. The average Bonchev–Trinajstić information content (AvgIpc) is 2.33. The number of aryl methyl sites for hydroxylation is 1. The van der Waals surface area contributed by atoms with Crippen molar-refractivity contribution in [2.45, 2.75) is 0 Å². The third-order valence-electron chi connectivity index (χ3n) is 2.69. The van der Waals surface area contributed by atoms with Crippen molar-refractivity contribution in [3.63, 3.8) is 0 Å². The van der Waals surface area contributed by atoms with Gasteiger partial charge in [-0.15, -0.1) is 0 Å². The van der Waals surface area contributed by atoms with Gasteiger partial charge in [-0.05, 0) is 5.39 Å². The van der Waals surface area contributed by atoms with E-state index < -0.39 is 0 Å². The van der Waals surface area contributed by atoms with E-state index in [1.807, 2.05) is 24.3 Å². The van der Waals surface area contributed by atoms with Crippen LogP contribution in [0.3, 0.4) is 0 Å². The predicted molar refractivity (Wildman–Crippen MR) is 62.3 cm³/mol. The monoisotopic (exact) mass is 211 g/mol. The summed E-state index contributed by atoms with van der Waals surface area (Å²) < 4.78 is 1.33. The Hall–Kier alpha value is -2.23. The van der Waals surface area contributed by atoms with E-state index in [0.29, 0.717) is 10.9 Å². The topological polar surface area (TPSA) is 47.8 Å². The number of hydrogen-bond donors (Lipinski definition) is 0. The predicted octanol–water partition coefficient (Wildman–Crippen LogP) is 1.48. The molecule has 0 radical (unpaired) electrons. The van der Waals surface area contributed by atoms with Crippen LogP contribution < -0.4 is 5.56 Å². The Labute approximate surface area is 91.2 Å². The van der Waals surface area contributed by atoms with Crippen LogP contribution in [0.25, 0.3) is 21.7 Å². The molecule has 0 saturated carbocycles. The first-order valence-corrected chi connectivity index (χ1v) is 4.97. The van der Waals surface area contributed by atoms with Crippen molar-refractivity contribution in [3.05, 3.63) is 47.0 Å². The van der Waals surface area contributed by atoms with Gasteiger partial charge in [0.15, 0.2) is 0 Å². The Balaban J connectivity index is 2.69. The van der Waals surface area contributed by atoms with Gasteiger partial charge in [0.05, 0.1) is 17.1 Å². The molecule has 1 aromatic carbocycles. The third-order valence-corrected chi connectivity index (χ3v) is 2.69. The van der Waals surface area contributed by atoms with Gasteiger partial charge in [0, 0.05) is 18.6 Å². The zero-order valence-corrected chi connectivity index (χ0v) is 8.71. The van der Waals surface area contributed by atoms with Crippen LogP contribution in [0.15, 0.2) is 41.5 Å². The highest BCUT2D eigenvalue weighted by Gasteiger charge is 2.06. The van der Waals surface area contributed by atoms with Crippen LogP contribution in [0.5, 0.6) is 0 Å². The first kappa shape index (κ1) is 9.03. The summed E-state index contributed by atoms with van der Waals surface area (Å²) >= 11 is 0. The van der Waals surface area contributed by atoms with Gasteiger partial charge < -0.3 is 0 Å². The van der Waals surface area contributed by atoms with E-state index in [1.54, 1.807) is 19.4 Å². The second kappa shape index (κ2) is 3.13. The zero-order chi connectivity index (χ0) is 11.1. The summed E-state index contributed by atoms with van der Waals surface area (Å²) in [5.41, 5.74) is 0.531. The number of aromatic nitrogens is 3. The molecule has 0 saturated heterocycles. The summed E-state index contributed by atoms with van der Waals surface area (Å²) in [6.07, 6.45) is 3.38. The van der Waals surface area contributed by atoms with Crippen LogP contribution in [0.2, 0.25) is 0 Å². The van der Waals surface area contributed by atoms with Gasteiger partial charge in [0.1, 0.15) is 0 Å². The average molecular weight is 211 g/mol.